The van der Waals surface area contributed by atoms with Crippen LogP contribution < -0.4 is 10.1 Å². The van der Waals surface area contributed by atoms with Crippen molar-refractivity contribution in [3.05, 3.63) is 64.4 Å². The summed E-state index contributed by atoms with van der Waals surface area (Å²) in [4.78, 5) is 15.1. The Kier molecular flexibility index (Phi) is 7.54. The third kappa shape index (κ3) is 6.07. The highest BCUT2D eigenvalue weighted by Crippen LogP contribution is 2.21. The Bertz CT molecular complexity index is 1140. The molecule has 2 heterocycles. The molecule has 2 N–H and O–H groups in total. The number of nitrogens with one attached hydrogen (secondary N) is 2. The molecular formula is C24H29N5O3S. The maximum absolute atomic E-state index is 12.7. The lowest BCUT2D eigenvalue weighted by Crippen LogP contribution is -2.40. The Morgan fingerprint density at radius 2 is 2.06 bits per heavy atom. The van der Waals surface area contributed by atoms with E-state index >= 15 is 0 Å². The van der Waals surface area contributed by atoms with Crippen molar-refractivity contribution in [2.45, 2.75) is 32.7 Å². The van der Waals surface area contributed by atoms with Crippen LogP contribution in [0.25, 0.3) is 11.4 Å². The Morgan fingerprint density at radius 3 is 2.82 bits per heavy atom. The number of ether oxygens (including phenoxy) is 2. The molecule has 0 bridgehead atoms. The minimum Gasteiger partial charge on any atom is -0.497 e. The van der Waals surface area contributed by atoms with Gasteiger partial charge < -0.3 is 14.8 Å². The highest BCUT2D eigenvalue weighted by Gasteiger charge is 2.17. The van der Waals surface area contributed by atoms with Gasteiger partial charge in [-0.25, -0.2) is 0 Å². The number of carbonyl (C=O) groups is 1. The Morgan fingerprint density at radius 1 is 1.27 bits per heavy atom. The molecule has 1 fully saturated rings. The van der Waals surface area contributed by atoms with Gasteiger partial charge in [0, 0.05) is 31.7 Å². The molecule has 0 saturated carbocycles. The lowest BCUT2D eigenvalue weighted by Gasteiger charge is -2.31. The Balaban J connectivity index is 1.36. The first-order valence-electron chi connectivity index (χ1n) is 11.0. The predicted octanol–water partition coefficient (Wildman–Crippen LogP) is 3.15. The second kappa shape index (κ2) is 10.7. The van der Waals surface area contributed by atoms with Gasteiger partial charge in [-0.3, -0.25) is 19.4 Å². The van der Waals surface area contributed by atoms with Crippen molar-refractivity contribution in [1.29, 1.82) is 0 Å². The molecule has 0 aliphatic carbocycles. The molecule has 1 amide bonds. The van der Waals surface area contributed by atoms with Crippen LogP contribution in [0, 0.1) is 4.77 Å². The number of hydrogen-bond acceptors (Lipinski definition) is 6. The number of aromatic nitrogens is 3. The number of amides is 1. The molecule has 1 aliphatic heterocycles. The lowest BCUT2D eigenvalue weighted by atomic mass is 10.1. The number of aromatic amines is 1. The number of hydrogen-bond donors (Lipinski definition) is 2. The van der Waals surface area contributed by atoms with Crippen LogP contribution in [0.5, 0.6) is 5.75 Å². The quantitative estimate of drug-likeness (QED) is 0.495. The molecular weight excluding hydrogens is 438 g/mol. The van der Waals surface area contributed by atoms with Crippen LogP contribution in [-0.4, -0.2) is 58.5 Å². The van der Waals surface area contributed by atoms with E-state index in [1.54, 1.807) is 11.7 Å². The molecule has 0 radical (unpaired) electrons. The van der Waals surface area contributed by atoms with E-state index in [-0.39, 0.29) is 18.6 Å². The standard InChI is InChI=1S/C24H29N5O3S/c1-17-14-28(10-11-32-17)15-19-5-3-4-18(12-19)13-25-22(30)16-29-23(26-27-24(29)33)20-6-8-21(31-2)9-7-20/h3-9,12,17H,10-11,13-16H2,1-2H3,(H,25,30)(H,27,33). The zero-order chi connectivity index (χ0) is 23.2. The van der Waals surface area contributed by atoms with Crippen molar-refractivity contribution < 1.29 is 14.3 Å². The second-order valence-electron chi connectivity index (χ2n) is 8.18. The van der Waals surface area contributed by atoms with Gasteiger partial charge in [-0.2, -0.15) is 5.10 Å². The fraction of sp³-hybridized carbons (Fsp3) is 0.375. The van der Waals surface area contributed by atoms with E-state index in [1.807, 2.05) is 36.4 Å². The SMILES string of the molecule is COc1ccc(-c2n[nH]c(=S)n2CC(=O)NCc2cccc(CN3CCOC(C)C3)c2)cc1. The zero-order valence-electron chi connectivity index (χ0n) is 18.9. The Labute approximate surface area is 198 Å². The van der Waals surface area contributed by atoms with Gasteiger partial charge in [0.05, 0.1) is 19.8 Å². The van der Waals surface area contributed by atoms with Crippen LogP contribution in [0.2, 0.25) is 0 Å². The fourth-order valence-corrected chi connectivity index (χ4v) is 4.15. The molecule has 1 saturated heterocycles. The maximum atomic E-state index is 12.7. The minimum atomic E-state index is -0.130. The first-order chi connectivity index (χ1) is 16.0. The van der Waals surface area contributed by atoms with Gasteiger partial charge >= 0.3 is 0 Å². The van der Waals surface area contributed by atoms with E-state index in [0.717, 1.165) is 43.1 Å². The molecule has 1 atom stereocenters. The Hall–Kier alpha value is -3.01. The van der Waals surface area contributed by atoms with Crippen molar-refractivity contribution in [2.24, 2.45) is 0 Å². The van der Waals surface area contributed by atoms with Crippen LogP contribution >= 0.6 is 12.2 Å². The number of carbonyl (C=O) groups excluding carboxylic acids is 1. The third-order valence-electron chi connectivity index (χ3n) is 5.62. The predicted molar refractivity (Wildman–Crippen MR) is 128 cm³/mol. The first-order valence-corrected chi connectivity index (χ1v) is 11.4. The molecule has 3 aromatic rings. The van der Waals surface area contributed by atoms with Gasteiger partial charge in [0.1, 0.15) is 12.3 Å². The third-order valence-corrected chi connectivity index (χ3v) is 5.93. The van der Waals surface area contributed by atoms with Gasteiger partial charge in [-0.05, 0) is 54.5 Å². The van der Waals surface area contributed by atoms with E-state index in [4.69, 9.17) is 21.7 Å². The van der Waals surface area contributed by atoms with Crippen LogP contribution in [-0.2, 0) is 29.2 Å². The maximum Gasteiger partial charge on any atom is 0.240 e. The summed E-state index contributed by atoms with van der Waals surface area (Å²) in [5, 5.41) is 10.1. The summed E-state index contributed by atoms with van der Waals surface area (Å²) in [6.45, 7) is 6.16. The number of rotatable bonds is 8. The van der Waals surface area contributed by atoms with E-state index in [1.165, 1.54) is 5.56 Å². The van der Waals surface area contributed by atoms with Gasteiger partial charge in [-0.1, -0.05) is 24.3 Å². The van der Waals surface area contributed by atoms with Gasteiger partial charge in [-0.15, -0.1) is 0 Å². The fourth-order valence-electron chi connectivity index (χ4n) is 3.96. The molecule has 2 aromatic carbocycles. The average molecular weight is 468 g/mol. The summed E-state index contributed by atoms with van der Waals surface area (Å²) >= 11 is 5.35. The summed E-state index contributed by atoms with van der Waals surface area (Å²) in [6.07, 6.45) is 0.263. The summed E-state index contributed by atoms with van der Waals surface area (Å²) in [7, 11) is 1.62. The van der Waals surface area contributed by atoms with Gasteiger partial charge in [0.2, 0.25) is 5.91 Å². The van der Waals surface area contributed by atoms with Crippen molar-refractivity contribution in [2.75, 3.05) is 26.8 Å². The monoisotopic (exact) mass is 467 g/mol. The molecule has 1 unspecified atom stereocenters. The highest BCUT2D eigenvalue weighted by molar-refractivity contribution is 7.71. The van der Waals surface area contributed by atoms with Gasteiger partial charge in [0.15, 0.2) is 10.6 Å². The van der Waals surface area contributed by atoms with Crippen molar-refractivity contribution in [3.8, 4) is 17.1 Å². The summed E-state index contributed by atoms with van der Waals surface area (Å²) in [6, 6.07) is 15.8. The van der Waals surface area contributed by atoms with Crippen molar-refractivity contribution >= 4 is 18.1 Å². The van der Waals surface area contributed by atoms with Crippen LogP contribution in [0.1, 0.15) is 18.1 Å². The van der Waals surface area contributed by atoms with Gasteiger partial charge in [0.25, 0.3) is 0 Å². The van der Waals surface area contributed by atoms with E-state index in [9.17, 15) is 4.79 Å². The largest absolute Gasteiger partial charge is 0.497 e. The minimum absolute atomic E-state index is 0.0854. The molecule has 9 heteroatoms. The van der Waals surface area contributed by atoms with Crippen LogP contribution in [0.4, 0.5) is 0 Å². The first kappa shape index (κ1) is 23.2. The van der Waals surface area contributed by atoms with Crippen molar-refractivity contribution in [3.63, 3.8) is 0 Å². The zero-order valence-corrected chi connectivity index (χ0v) is 19.7. The smallest absolute Gasteiger partial charge is 0.240 e. The van der Waals surface area contributed by atoms with Crippen LogP contribution in [0.3, 0.4) is 0 Å². The molecule has 8 nitrogen and oxygen atoms in total. The lowest BCUT2D eigenvalue weighted by molar-refractivity contribution is -0.121. The highest BCUT2D eigenvalue weighted by atomic mass is 32.1. The summed E-state index contributed by atoms with van der Waals surface area (Å²) in [5.74, 6) is 1.23. The number of methoxy groups -OCH3 is 1. The molecule has 174 valence electrons. The molecule has 1 aliphatic rings. The van der Waals surface area contributed by atoms with Crippen LogP contribution in [0.15, 0.2) is 48.5 Å². The number of nitrogens with zero attached hydrogens (tertiary/aromatic N) is 3. The number of benzene rings is 2. The van der Waals surface area contributed by atoms with E-state index in [0.29, 0.717) is 17.1 Å². The molecule has 4 rings (SSSR count). The molecule has 0 spiro atoms. The summed E-state index contributed by atoms with van der Waals surface area (Å²) in [5.41, 5.74) is 3.14. The average Bonchev–Trinajstić information content (AvgIpc) is 3.18. The van der Waals surface area contributed by atoms with E-state index < -0.39 is 0 Å². The normalized spacial score (nSPS) is 16.5. The summed E-state index contributed by atoms with van der Waals surface area (Å²) < 4.78 is 12.9. The second-order valence-corrected chi connectivity index (χ2v) is 8.57. The number of H-pyrrole nitrogens is 1. The number of morpholine rings is 1. The topological polar surface area (TPSA) is 84.4 Å². The molecule has 1 aromatic heterocycles. The van der Waals surface area contributed by atoms with Crippen molar-refractivity contribution in [1.82, 2.24) is 25.0 Å². The molecule has 33 heavy (non-hydrogen) atoms. The van der Waals surface area contributed by atoms with E-state index in [2.05, 4.69) is 39.5 Å².